The maximum atomic E-state index is 11.9. The van der Waals surface area contributed by atoms with Crippen LogP contribution in [0.3, 0.4) is 0 Å². The molecule has 0 bridgehead atoms. The third kappa shape index (κ3) is 5.98. The Hall–Kier alpha value is -0.450. The third-order valence-corrected chi connectivity index (χ3v) is 6.42. The van der Waals surface area contributed by atoms with Crippen LogP contribution in [-0.4, -0.2) is 40.5 Å². The largest absolute Gasteiger partial charge is 0.351 e. The molecule has 0 saturated heterocycles. The molecule has 1 aliphatic rings. The first-order valence-electron chi connectivity index (χ1n) is 6.38. The van der Waals surface area contributed by atoms with Gasteiger partial charge >= 0.3 is 0 Å². The molecule has 2 rings (SSSR count). The molecule has 0 atom stereocenters. The molecule has 0 fully saturated rings. The van der Waals surface area contributed by atoms with Crippen molar-refractivity contribution >= 4 is 55.6 Å². The Kier molecular flexibility index (Phi) is 8.01. The van der Waals surface area contributed by atoms with Crippen LogP contribution in [0.4, 0.5) is 0 Å². The van der Waals surface area contributed by atoms with E-state index < -0.39 is 10.0 Å². The van der Waals surface area contributed by atoms with E-state index in [1.54, 1.807) is 6.07 Å². The van der Waals surface area contributed by atoms with Gasteiger partial charge in [0, 0.05) is 13.1 Å². The first-order chi connectivity index (χ1) is 9.97. The fourth-order valence-electron chi connectivity index (χ4n) is 1.78. The third-order valence-electron chi connectivity index (χ3n) is 2.91. The molecular weight excluding hydrogens is 414 g/mol. The molecular formula is C12H17BrClN3O3S2. The fraction of sp³-hybridized carbons (Fsp3) is 0.417. The molecule has 1 amide bonds. The van der Waals surface area contributed by atoms with Gasteiger partial charge in [0.25, 0.3) is 10.0 Å². The molecule has 0 radical (unpaired) electrons. The fourth-order valence-corrected chi connectivity index (χ4v) is 4.82. The van der Waals surface area contributed by atoms with E-state index in [0.717, 1.165) is 40.2 Å². The molecule has 0 saturated carbocycles. The minimum absolute atomic E-state index is 0. The van der Waals surface area contributed by atoms with E-state index in [9.17, 15) is 13.2 Å². The summed E-state index contributed by atoms with van der Waals surface area (Å²) >= 11 is 4.31. The van der Waals surface area contributed by atoms with Gasteiger partial charge in [0.2, 0.25) is 5.91 Å². The molecule has 6 nitrogen and oxygen atoms in total. The van der Waals surface area contributed by atoms with Crippen molar-refractivity contribution in [2.75, 3.05) is 26.2 Å². The molecule has 1 aromatic heterocycles. The standard InChI is InChI=1S/C12H16BrN3O3S2.ClH/c13-10-1-2-12(20-10)21(18,19)16-8-11(17)15-7-9-3-5-14-6-4-9;/h1-3,14,16H,4-8H2,(H,15,17);1H. The second-order valence-corrected chi connectivity index (χ2v) is 8.93. The van der Waals surface area contributed by atoms with E-state index in [1.165, 1.54) is 6.07 Å². The summed E-state index contributed by atoms with van der Waals surface area (Å²) in [4.78, 5) is 11.7. The first-order valence-corrected chi connectivity index (χ1v) is 9.47. The van der Waals surface area contributed by atoms with Crippen molar-refractivity contribution in [1.29, 1.82) is 0 Å². The van der Waals surface area contributed by atoms with E-state index in [2.05, 4.69) is 31.3 Å². The molecule has 0 unspecified atom stereocenters. The zero-order valence-electron chi connectivity index (χ0n) is 11.6. The van der Waals surface area contributed by atoms with Crippen LogP contribution in [-0.2, 0) is 14.8 Å². The second kappa shape index (κ2) is 8.99. The predicted octanol–water partition coefficient (Wildman–Crippen LogP) is 1.25. The first kappa shape index (κ1) is 19.6. The number of hydrogen-bond acceptors (Lipinski definition) is 5. The molecule has 1 aromatic rings. The van der Waals surface area contributed by atoms with Crippen LogP contribution in [0.25, 0.3) is 0 Å². The summed E-state index contributed by atoms with van der Waals surface area (Å²) in [5, 5.41) is 5.90. The summed E-state index contributed by atoms with van der Waals surface area (Å²) in [6.07, 6.45) is 2.94. The Morgan fingerprint density at radius 2 is 2.18 bits per heavy atom. The molecule has 0 aliphatic carbocycles. The summed E-state index contributed by atoms with van der Waals surface area (Å²) in [7, 11) is -3.62. The maximum Gasteiger partial charge on any atom is 0.250 e. The minimum Gasteiger partial charge on any atom is -0.351 e. The van der Waals surface area contributed by atoms with E-state index in [0.29, 0.717) is 6.54 Å². The van der Waals surface area contributed by atoms with Gasteiger partial charge < -0.3 is 10.6 Å². The number of carbonyl (C=O) groups is 1. The van der Waals surface area contributed by atoms with E-state index in [1.807, 2.05) is 6.08 Å². The molecule has 0 spiro atoms. The lowest BCUT2D eigenvalue weighted by molar-refractivity contribution is -0.119. The van der Waals surface area contributed by atoms with Gasteiger partial charge in [0.1, 0.15) is 4.21 Å². The van der Waals surface area contributed by atoms with Crippen LogP contribution >= 0.6 is 39.7 Å². The Morgan fingerprint density at radius 3 is 2.77 bits per heavy atom. The summed E-state index contributed by atoms with van der Waals surface area (Å²) < 4.78 is 27.1. The highest BCUT2D eigenvalue weighted by Crippen LogP contribution is 2.25. The SMILES string of the molecule is Cl.O=C(CNS(=O)(=O)c1ccc(Br)s1)NCC1=CCNCC1. The Bertz CT molecular complexity index is 646. The lowest BCUT2D eigenvalue weighted by Gasteiger charge is -2.14. The normalized spacial score (nSPS) is 14.9. The molecule has 10 heteroatoms. The van der Waals surface area contributed by atoms with Crippen molar-refractivity contribution in [2.45, 2.75) is 10.6 Å². The molecule has 124 valence electrons. The van der Waals surface area contributed by atoms with E-state index >= 15 is 0 Å². The van der Waals surface area contributed by atoms with Gasteiger partial charge in [-0.2, -0.15) is 0 Å². The second-order valence-electron chi connectivity index (χ2n) is 4.48. The maximum absolute atomic E-state index is 11.9. The summed E-state index contributed by atoms with van der Waals surface area (Å²) in [5.74, 6) is -0.339. The van der Waals surface area contributed by atoms with Crippen molar-refractivity contribution in [3.63, 3.8) is 0 Å². The number of amides is 1. The average Bonchev–Trinajstić information content (AvgIpc) is 2.92. The summed E-state index contributed by atoms with van der Waals surface area (Å²) in [6, 6.07) is 3.15. The molecule has 2 heterocycles. The van der Waals surface area contributed by atoms with Crippen LogP contribution in [0, 0.1) is 0 Å². The summed E-state index contributed by atoms with van der Waals surface area (Å²) in [5.41, 5.74) is 1.16. The number of nitrogens with one attached hydrogen (secondary N) is 3. The van der Waals surface area contributed by atoms with Crippen molar-refractivity contribution in [1.82, 2.24) is 15.4 Å². The van der Waals surface area contributed by atoms with Crippen LogP contribution < -0.4 is 15.4 Å². The zero-order chi connectivity index (χ0) is 15.3. The highest BCUT2D eigenvalue weighted by atomic mass is 79.9. The Labute approximate surface area is 148 Å². The number of hydrogen-bond donors (Lipinski definition) is 3. The molecule has 22 heavy (non-hydrogen) atoms. The number of carbonyl (C=O) groups excluding carboxylic acids is 1. The van der Waals surface area contributed by atoms with Crippen molar-refractivity contribution in [2.24, 2.45) is 0 Å². The van der Waals surface area contributed by atoms with Gasteiger partial charge in [0.15, 0.2) is 0 Å². The van der Waals surface area contributed by atoms with Crippen LogP contribution in [0.2, 0.25) is 0 Å². The van der Waals surface area contributed by atoms with Gasteiger partial charge in [-0.1, -0.05) is 11.6 Å². The van der Waals surface area contributed by atoms with Gasteiger partial charge in [-0.15, -0.1) is 23.7 Å². The molecule has 3 N–H and O–H groups in total. The van der Waals surface area contributed by atoms with Gasteiger partial charge in [-0.25, -0.2) is 13.1 Å². The highest BCUT2D eigenvalue weighted by molar-refractivity contribution is 9.11. The summed E-state index contributed by atoms with van der Waals surface area (Å²) in [6.45, 7) is 1.92. The van der Waals surface area contributed by atoms with Crippen molar-refractivity contribution in [3.8, 4) is 0 Å². The Balaban J connectivity index is 0.00000242. The van der Waals surface area contributed by atoms with Crippen molar-refractivity contribution in [3.05, 3.63) is 27.6 Å². The van der Waals surface area contributed by atoms with Gasteiger partial charge in [-0.3, -0.25) is 4.79 Å². The highest BCUT2D eigenvalue weighted by Gasteiger charge is 2.17. The molecule has 0 aromatic carbocycles. The predicted molar refractivity (Wildman–Crippen MR) is 93.0 cm³/mol. The lowest BCUT2D eigenvalue weighted by Crippen LogP contribution is -2.38. The van der Waals surface area contributed by atoms with Crippen LogP contribution in [0.15, 0.2) is 31.8 Å². The van der Waals surface area contributed by atoms with Crippen LogP contribution in [0.1, 0.15) is 6.42 Å². The van der Waals surface area contributed by atoms with Crippen LogP contribution in [0.5, 0.6) is 0 Å². The van der Waals surface area contributed by atoms with E-state index in [-0.39, 0.29) is 29.1 Å². The zero-order valence-corrected chi connectivity index (χ0v) is 15.6. The number of rotatable bonds is 6. The van der Waals surface area contributed by atoms with Gasteiger partial charge in [-0.05, 0) is 41.0 Å². The smallest absolute Gasteiger partial charge is 0.250 e. The monoisotopic (exact) mass is 429 g/mol. The van der Waals surface area contributed by atoms with Gasteiger partial charge in [0.05, 0.1) is 10.3 Å². The number of thiophene rings is 1. The minimum atomic E-state index is -3.62. The average molecular weight is 431 g/mol. The number of halogens is 2. The van der Waals surface area contributed by atoms with Crippen molar-refractivity contribution < 1.29 is 13.2 Å². The quantitative estimate of drug-likeness (QED) is 0.593. The topological polar surface area (TPSA) is 87.3 Å². The molecule has 1 aliphatic heterocycles. The Morgan fingerprint density at radius 1 is 1.41 bits per heavy atom. The number of sulfonamides is 1. The lowest BCUT2D eigenvalue weighted by atomic mass is 10.1. The van der Waals surface area contributed by atoms with E-state index in [4.69, 9.17) is 0 Å².